The summed E-state index contributed by atoms with van der Waals surface area (Å²) in [5.74, 6) is 0.799. The molecule has 0 bridgehead atoms. The van der Waals surface area contributed by atoms with Crippen molar-refractivity contribution >= 4 is 22.5 Å². The normalized spacial score (nSPS) is 11.0. The maximum absolute atomic E-state index is 6.02. The summed E-state index contributed by atoms with van der Waals surface area (Å²) in [7, 11) is 0. The van der Waals surface area contributed by atoms with Crippen molar-refractivity contribution in [1.82, 2.24) is 19.7 Å². The number of aromatic nitrogens is 4. The molecule has 18 heavy (non-hydrogen) atoms. The lowest BCUT2D eigenvalue weighted by molar-refractivity contribution is 0.765. The van der Waals surface area contributed by atoms with E-state index >= 15 is 0 Å². The van der Waals surface area contributed by atoms with Gasteiger partial charge in [0, 0.05) is 11.6 Å². The summed E-state index contributed by atoms with van der Waals surface area (Å²) < 4.78 is 1.87. The number of pyridine rings is 1. The lowest BCUT2D eigenvalue weighted by atomic mass is 10.1. The molecular weight excluding hydrogens is 248 g/mol. The van der Waals surface area contributed by atoms with E-state index in [9.17, 15) is 0 Å². The van der Waals surface area contributed by atoms with Gasteiger partial charge >= 0.3 is 0 Å². The summed E-state index contributed by atoms with van der Waals surface area (Å²) in [4.78, 5) is 4.42. The average molecular weight is 259 g/mol. The molecule has 0 aliphatic carbocycles. The highest BCUT2D eigenvalue weighted by Crippen LogP contribution is 2.19. The second kappa shape index (κ2) is 4.38. The van der Waals surface area contributed by atoms with Gasteiger partial charge in [0.15, 0.2) is 0 Å². The lowest BCUT2D eigenvalue weighted by Gasteiger charge is -2.08. The van der Waals surface area contributed by atoms with E-state index in [0.717, 1.165) is 22.3 Å². The van der Waals surface area contributed by atoms with E-state index in [0.29, 0.717) is 11.8 Å². The number of fused-ring (bicyclic) bond motifs is 1. The molecule has 3 rings (SSSR count). The fraction of sp³-hybridized carbons (Fsp3) is 0.154. The van der Waals surface area contributed by atoms with Gasteiger partial charge in [0.2, 0.25) is 5.28 Å². The van der Waals surface area contributed by atoms with E-state index in [-0.39, 0.29) is 0 Å². The van der Waals surface area contributed by atoms with Gasteiger partial charge in [-0.15, -0.1) is 10.2 Å². The molecule has 0 aliphatic rings. The van der Waals surface area contributed by atoms with Crippen molar-refractivity contribution in [2.75, 3.05) is 0 Å². The number of hydrogen-bond donors (Lipinski definition) is 0. The van der Waals surface area contributed by atoms with Crippen molar-refractivity contribution in [2.24, 2.45) is 0 Å². The van der Waals surface area contributed by atoms with Crippen molar-refractivity contribution in [1.29, 1.82) is 0 Å². The Hall–Kier alpha value is -1.94. The summed E-state index contributed by atoms with van der Waals surface area (Å²) >= 11 is 6.02. The zero-order valence-corrected chi connectivity index (χ0v) is 10.6. The molecule has 0 aliphatic heterocycles. The molecule has 0 spiro atoms. The quantitative estimate of drug-likeness (QED) is 0.710. The van der Waals surface area contributed by atoms with E-state index in [1.54, 1.807) is 6.20 Å². The summed E-state index contributed by atoms with van der Waals surface area (Å²) in [6, 6.07) is 10.1. The lowest BCUT2D eigenvalue weighted by Crippen LogP contribution is -2.03. The first-order chi connectivity index (χ1) is 8.75. The zero-order valence-electron chi connectivity index (χ0n) is 9.84. The summed E-state index contributed by atoms with van der Waals surface area (Å²) in [6.45, 7) is 2.52. The van der Waals surface area contributed by atoms with Gasteiger partial charge in [0.05, 0.1) is 12.1 Å². The number of halogens is 1. The van der Waals surface area contributed by atoms with Crippen LogP contribution in [0.15, 0.2) is 36.5 Å². The third kappa shape index (κ3) is 1.84. The molecule has 5 heteroatoms. The largest absolute Gasteiger partial charge is 0.297 e. The Bertz CT molecular complexity index is 680. The molecule has 1 aromatic carbocycles. The van der Waals surface area contributed by atoms with Crippen LogP contribution in [0.25, 0.3) is 10.9 Å². The van der Waals surface area contributed by atoms with E-state index in [4.69, 9.17) is 11.6 Å². The Morgan fingerprint density at radius 3 is 2.78 bits per heavy atom. The number of benzene rings is 1. The molecular formula is C13H11ClN4. The van der Waals surface area contributed by atoms with Crippen LogP contribution in [0.4, 0.5) is 0 Å². The van der Waals surface area contributed by atoms with Gasteiger partial charge in [0.1, 0.15) is 5.82 Å². The van der Waals surface area contributed by atoms with Crippen LogP contribution in [0.3, 0.4) is 0 Å². The zero-order chi connectivity index (χ0) is 12.5. The first-order valence-corrected chi connectivity index (χ1v) is 6.01. The topological polar surface area (TPSA) is 43.6 Å². The summed E-state index contributed by atoms with van der Waals surface area (Å²) in [5.41, 5.74) is 2.10. The van der Waals surface area contributed by atoms with Crippen molar-refractivity contribution in [2.45, 2.75) is 13.5 Å². The summed E-state index contributed by atoms with van der Waals surface area (Å²) in [6.07, 6.45) is 1.80. The van der Waals surface area contributed by atoms with Crippen molar-refractivity contribution in [3.8, 4) is 0 Å². The molecule has 2 heterocycles. The van der Waals surface area contributed by atoms with Crippen LogP contribution >= 0.6 is 11.6 Å². The van der Waals surface area contributed by atoms with Gasteiger partial charge in [-0.3, -0.25) is 9.55 Å². The standard InChI is InChI=1S/C13H11ClN4/c1-9-16-17-13(14)18(9)8-11-5-2-4-10-6-3-7-15-12(10)11/h2-7H,8H2,1H3. The highest BCUT2D eigenvalue weighted by Gasteiger charge is 2.09. The van der Waals surface area contributed by atoms with Gasteiger partial charge in [-0.2, -0.15) is 0 Å². The number of para-hydroxylation sites is 1. The van der Waals surface area contributed by atoms with E-state index < -0.39 is 0 Å². The van der Waals surface area contributed by atoms with Crippen LogP contribution in [-0.2, 0) is 6.54 Å². The Kier molecular flexibility index (Phi) is 2.72. The van der Waals surface area contributed by atoms with Crippen LogP contribution in [0.1, 0.15) is 11.4 Å². The Balaban J connectivity index is 2.11. The molecule has 0 fully saturated rings. The summed E-state index contributed by atoms with van der Waals surface area (Å²) in [5, 5.41) is 9.33. The molecule has 2 aromatic heterocycles. The molecule has 0 radical (unpaired) electrons. The minimum atomic E-state index is 0.403. The highest BCUT2D eigenvalue weighted by molar-refractivity contribution is 6.28. The van der Waals surface area contributed by atoms with E-state index in [1.165, 1.54) is 0 Å². The van der Waals surface area contributed by atoms with Crippen molar-refractivity contribution in [3.05, 3.63) is 53.2 Å². The number of nitrogens with zero attached hydrogens (tertiary/aromatic N) is 4. The van der Waals surface area contributed by atoms with Crippen LogP contribution < -0.4 is 0 Å². The average Bonchev–Trinajstić information content (AvgIpc) is 2.71. The Labute approximate surface area is 109 Å². The monoisotopic (exact) mass is 258 g/mol. The molecule has 0 unspecified atom stereocenters. The molecule has 0 atom stereocenters. The van der Waals surface area contributed by atoms with Crippen LogP contribution in [0, 0.1) is 6.92 Å². The van der Waals surface area contributed by atoms with E-state index in [2.05, 4.69) is 15.2 Å². The third-order valence-electron chi connectivity index (χ3n) is 2.94. The minimum Gasteiger partial charge on any atom is -0.297 e. The van der Waals surface area contributed by atoms with Gasteiger partial charge in [0.25, 0.3) is 0 Å². The fourth-order valence-corrected chi connectivity index (χ4v) is 2.22. The predicted molar refractivity (Wildman–Crippen MR) is 70.6 cm³/mol. The number of aryl methyl sites for hydroxylation is 1. The molecule has 0 N–H and O–H groups in total. The first kappa shape index (κ1) is 11.2. The minimum absolute atomic E-state index is 0.403. The first-order valence-electron chi connectivity index (χ1n) is 5.63. The van der Waals surface area contributed by atoms with Crippen molar-refractivity contribution < 1.29 is 0 Å². The van der Waals surface area contributed by atoms with Gasteiger partial charge in [-0.05, 0) is 30.2 Å². The SMILES string of the molecule is Cc1nnc(Cl)n1Cc1cccc2cccnc12. The molecule has 0 amide bonds. The number of hydrogen-bond acceptors (Lipinski definition) is 3. The maximum atomic E-state index is 6.02. The number of rotatable bonds is 2. The van der Waals surface area contributed by atoms with Crippen molar-refractivity contribution in [3.63, 3.8) is 0 Å². The van der Waals surface area contributed by atoms with Crippen LogP contribution in [-0.4, -0.2) is 19.7 Å². The van der Waals surface area contributed by atoms with Crippen LogP contribution in [0.2, 0.25) is 5.28 Å². The Morgan fingerprint density at radius 1 is 1.17 bits per heavy atom. The third-order valence-corrected chi connectivity index (χ3v) is 3.21. The van der Waals surface area contributed by atoms with Gasteiger partial charge in [-0.1, -0.05) is 24.3 Å². The highest BCUT2D eigenvalue weighted by atomic mass is 35.5. The maximum Gasteiger partial charge on any atom is 0.225 e. The molecule has 4 nitrogen and oxygen atoms in total. The van der Waals surface area contributed by atoms with Gasteiger partial charge < -0.3 is 0 Å². The molecule has 0 saturated carbocycles. The Morgan fingerprint density at radius 2 is 2.00 bits per heavy atom. The molecule has 0 saturated heterocycles. The fourth-order valence-electron chi connectivity index (χ4n) is 2.00. The smallest absolute Gasteiger partial charge is 0.225 e. The second-order valence-electron chi connectivity index (χ2n) is 4.09. The molecule has 3 aromatic rings. The predicted octanol–water partition coefficient (Wildman–Crippen LogP) is 2.84. The van der Waals surface area contributed by atoms with Crippen LogP contribution in [0.5, 0.6) is 0 Å². The molecule has 90 valence electrons. The van der Waals surface area contributed by atoms with E-state index in [1.807, 2.05) is 41.8 Å². The second-order valence-corrected chi connectivity index (χ2v) is 4.43. The van der Waals surface area contributed by atoms with Gasteiger partial charge in [-0.25, -0.2) is 0 Å².